The Labute approximate surface area is 263 Å². The van der Waals surface area contributed by atoms with Gasteiger partial charge < -0.3 is 19.3 Å². The highest BCUT2D eigenvalue weighted by Crippen LogP contribution is 2.39. The number of para-hydroxylation sites is 2. The van der Waals surface area contributed by atoms with Gasteiger partial charge in [-0.3, -0.25) is 0 Å². The van der Waals surface area contributed by atoms with Crippen molar-refractivity contribution in [3.05, 3.63) is 133 Å². The molecule has 0 aliphatic carbocycles. The molecule has 0 unspecified atom stereocenters. The summed E-state index contributed by atoms with van der Waals surface area (Å²) in [6.07, 6.45) is 6.93. The number of nitrogens with zero attached hydrogens (tertiary/aromatic N) is 2. The number of benzene rings is 5. The molecule has 0 aliphatic heterocycles. The minimum atomic E-state index is 0.754. The van der Waals surface area contributed by atoms with Crippen molar-refractivity contribution in [2.45, 2.75) is 52.4 Å². The van der Waals surface area contributed by atoms with E-state index < -0.39 is 0 Å². The van der Waals surface area contributed by atoms with Gasteiger partial charge in [-0.15, -0.1) is 0 Å². The fourth-order valence-electron chi connectivity index (χ4n) is 5.27. The summed E-state index contributed by atoms with van der Waals surface area (Å²) in [6, 6.07) is 46.6. The van der Waals surface area contributed by atoms with Gasteiger partial charge in [0, 0.05) is 34.1 Å². The van der Waals surface area contributed by atoms with E-state index in [1.165, 1.54) is 25.7 Å². The summed E-state index contributed by atoms with van der Waals surface area (Å²) >= 11 is 0. The van der Waals surface area contributed by atoms with E-state index in [1.807, 2.05) is 0 Å². The molecule has 0 aliphatic rings. The van der Waals surface area contributed by atoms with Crippen molar-refractivity contribution in [1.82, 2.24) is 0 Å². The predicted octanol–water partition coefficient (Wildman–Crippen LogP) is 11.8. The van der Waals surface area contributed by atoms with Gasteiger partial charge in [0.15, 0.2) is 0 Å². The molecule has 0 bridgehead atoms. The Morgan fingerprint density at radius 2 is 0.659 bits per heavy atom. The molecular weight excluding hydrogens is 540 g/mol. The van der Waals surface area contributed by atoms with Crippen LogP contribution in [0.1, 0.15) is 52.4 Å². The molecule has 0 atom stereocenters. The maximum absolute atomic E-state index is 5.98. The molecule has 5 aromatic carbocycles. The summed E-state index contributed by atoms with van der Waals surface area (Å²) in [5.74, 6) is 1.81. The Bertz CT molecular complexity index is 1380. The fraction of sp³-hybridized carbons (Fsp3) is 0.250. The minimum Gasteiger partial charge on any atom is -0.494 e. The van der Waals surface area contributed by atoms with Crippen LogP contribution >= 0.6 is 0 Å². The molecule has 5 rings (SSSR count). The van der Waals surface area contributed by atoms with Crippen LogP contribution in [0.15, 0.2) is 133 Å². The first-order chi connectivity index (χ1) is 21.8. The normalized spacial score (nSPS) is 10.8. The number of ether oxygens (including phenoxy) is 2. The minimum absolute atomic E-state index is 0.754. The molecular formula is C40H44N2O2. The quantitative estimate of drug-likeness (QED) is 0.108. The van der Waals surface area contributed by atoms with E-state index >= 15 is 0 Å². The van der Waals surface area contributed by atoms with Gasteiger partial charge in [-0.2, -0.15) is 0 Å². The molecule has 0 spiro atoms. The van der Waals surface area contributed by atoms with Crippen molar-refractivity contribution < 1.29 is 9.47 Å². The van der Waals surface area contributed by atoms with Gasteiger partial charge in [-0.05, 0) is 110 Å². The highest BCUT2D eigenvalue weighted by molar-refractivity contribution is 5.81. The second kappa shape index (κ2) is 16.2. The van der Waals surface area contributed by atoms with Gasteiger partial charge in [0.05, 0.1) is 13.2 Å². The van der Waals surface area contributed by atoms with Crippen LogP contribution < -0.4 is 19.3 Å². The van der Waals surface area contributed by atoms with Crippen molar-refractivity contribution in [2.75, 3.05) is 23.0 Å². The molecule has 0 aromatic heterocycles. The van der Waals surface area contributed by atoms with E-state index in [9.17, 15) is 0 Å². The highest BCUT2D eigenvalue weighted by atomic mass is 16.5. The molecule has 0 fully saturated rings. The molecule has 4 heteroatoms. The topological polar surface area (TPSA) is 24.9 Å². The molecule has 0 saturated heterocycles. The van der Waals surface area contributed by atoms with E-state index in [0.717, 1.165) is 71.7 Å². The van der Waals surface area contributed by atoms with E-state index in [4.69, 9.17) is 9.47 Å². The summed E-state index contributed by atoms with van der Waals surface area (Å²) in [5, 5.41) is 0. The van der Waals surface area contributed by atoms with Crippen molar-refractivity contribution in [3.8, 4) is 11.5 Å². The van der Waals surface area contributed by atoms with Crippen LogP contribution in [0.2, 0.25) is 0 Å². The van der Waals surface area contributed by atoms with Gasteiger partial charge in [-0.1, -0.05) is 75.9 Å². The zero-order valence-electron chi connectivity index (χ0n) is 26.1. The third-order valence-electron chi connectivity index (χ3n) is 7.62. The number of hydrogen-bond donors (Lipinski definition) is 0. The average molecular weight is 585 g/mol. The molecule has 0 heterocycles. The molecule has 226 valence electrons. The number of unbranched alkanes of at least 4 members (excludes halogenated alkanes) is 4. The Balaban J connectivity index is 1.41. The Morgan fingerprint density at radius 3 is 0.977 bits per heavy atom. The average Bonchev–Trinajstić information content (AvgIpc) is 3.08. The van der Waals surface area contributed by atoms with E-state index in [1.54, 1.807) is 0 Å². The fourth-order valence-corrected chi connectivity index (χ4v) is 5.27. The van der Waals surface area contributed by atoms with E-state index in [-0.39, 0.29) is 0 Å². The lowest BCUT2D eigenvalue weighted by Crippen LogP contribution is -2.12. The van der Waals surface area contributed by atoms with Crippen LogP contribution in [-0.4, -0.2) is 13.2 Å². The number of anilines is 6. The SMILES string of the molecule is CCCCCOc1ccc(N(c2ccccc2)c2ccc(N(c3ccccc3)c3ccc(OCCCCC)cc3)cc2)cc1. The largest absolute Gasteiger partial charge is 0.494 e. The van der Waals surface area contributed by atoms with Gasteiger partial charge in [0.25, 0.3) is 0 Å². The van der Waals surface area contributed by atoms with Crippen LogP contribution in [0.5, 0.6) is 11.5 Å². The molecule has 5 aromatic rings. The van der Waals surface area contributed by atoms with Gasteiger partial charge in [0.2, 0.25) is 0 Å². The van der Waals surface area contributed by atoms with Crippen LogP contribution in [0.4, 0.5) is 34.1 Å². The van der Waals surface area contributed by atoms with Gasteiger partial charge in [-0.25, -0.2) is 0 Å². The standard InChI is InChI=1S/C40H44N2O2/c1-3-5-13-31-43-39-27-23-37(24-28-39)41(33-15-9-7-10-16-33)35-19-21-36(22-20-35)42(34-17-11-8-12-18-34)38-25-29-40(30-26-38)44-32-14-6-4-2/h7-12,15-30H,3-6,13-14,31-32H2,1-2H3. The van der Waals surface area contributed by atoms with E-state index in [0.29, 0.717) is 0 Å². The first kappa shape index (κ1) is 30.7. The van der Waals surface area contributed by atoms with E-state index in [2.05, 4.69) is 157 Å². The van der Waals surface area contributed by atoms with Gasteiger partial charge in [0.1, 0.15) is 11.5 Å². The Morgan fingerprint density at radius 1 is 0.364 bits per heavy atom. The number of hydrogen-bond acceptors (Lipinski definition) is 4. The third kappa shape index (κ3) is 8.23. The predicted molar refractivity (Wildman–Crippen MR) is 186 cm³/mol. The lowest BCUT2D eigenvalue weighted by Gasteiger charge is -2.28. The monoisotopic (exact) mass is 584 g/mol. The lowest BCUT2D eigenvalue weighted by molar-refractivity contribution is 0.306. The van der Waals surface area contributed by atoms with Crippen LogP contribution in [0.3, 0.4) is 0 Å². The molecule has 44 heavy (non-hydrogen) atoms. The molecule has 0 amide bonds. The smallest absolute Gasteiger partial charge is 0.119 e. The van der Waals surface area contributed by atoms with Crippen molar-refractivity contribution >= 4 is 34.1 Å². The Kier molecular flexibility index (Phi) is 11.3. The zero-order valence-corrected chi connectivity index (χ0v) is 26.1. The summed E-state index contributed by atoms with van der Waals surface area (Å²) in [6.45, 7) is 5.93. The third-order valence-corrected chi connectivity index (χ3v) is 7.62. The first-order valence-electron chi connectivity index (χ1n) is 16.0. The van der Waals surface area contributed by atoms with Crippen LogP contribution in [-0.2, 0) is 0 Å². The van der Waals surface area contributed by atoms with Crippen LogP contribution in [0, 0.1) is 0 Å². The Hall–Kier alpha value is -4.70. The van der Waals surface area contributed by atoms with Crippen molar-refractivity contribution in [1.29, 1.82) is 0 Å². The zero-order chi connectivity index (χ0) is 30.4. The molecule has 0 N–H and O–H groups in total. The second-order valence-electron chi connectivity index (χ2n) is 11.0. The maximum Gasteiger partial charge on any atom is 0.119 e. The summed E-state index contributed by atoms with van der Waals surface area (Å²) in [5.41, 5.74) is 6.54. The summed E-state index contributed by atoms with van der Waals surface area (Å²) in [4.78, 5) is 4.56. The molecule has 0 saturated carbocycles. The summed E-state index contributed by atoms with van der Waals surface area (Å²) < 4.78 is 12.0. The maximum atomic E-state index is 5.98. The highest BCUT2D eigenvalue weighted by Gasteiger charge is 2.16. The lowest BCUT2D eigenvalue weighted by atomic mass is 10.1. The summed E-state index contributed by atoms with van der Waals surface area (Å²) in [7, 11) is 0. The molecule has 0 radical (unpaired) electrons. The van der Waals surface area contributed by atoms with Gasteiger partial charge >= 0.3 is 0 Å². The number of rotatable bonds is 16. The second-order valence-corrected chi connectivity index (χ2v) is 11.0. The van der Waals surface area contributed by atoms with Crippen LogP contribution in [0.25, 0.3) is 0 Å². The molecule has 4 nitrogen and oxygen atoms in total. The first-order valence-corrected chi connectivity index (χ1v) is 16.0. The van der Waals surface area contributed by atoms with Crippen molar-refractivity contribution in [2.24, 2.45) is 0 Å². The van der Waals surface area contributed by atoms with Crippen molar-refractivity contribution in [3.63, 3.8) is 0 Å².